The first-order valence-corrected chi connectivity index (χ1v) is 4.19. The minimum atomic E-state index is 0.274. The molecule has 0 fully saturated rings. The fourth-order valence-electron chi connectivity index (χ4n) is 1.12. The van der Waals surface area contributed by atoms with Crippen LogP contribution in [-0.4, -0.2) is 35.0 Å². The molecule has 2 aromatic rings. The first-order chi connectivity index (χ1) is 6.81. The molecular weight excluding hydrogens is 184 g/mol. The maximum Gasteiger partial charge on any atom is 0.240 e. The van der Waals surface area contributed by atoms with E-state index in [1.807, 2.05) is 11.5 Å². The van der Waals surface area contributed by atoms with Gasteiger partial charge in [-0.15, -0.1) is 10.2 Å². The van der Waals surface area contributed by atoms with Crippen LogP contribution in [0.3, 0.4) is 0 Å². The Bertz CT molecular complexity index is 415. The first-order valence-electron chi connectivity index (χ1n) is 4.19. The predicted molar refractivity (Wildman–Crippen MR) is 47.0 cm³/mol. The summed E-state index contributed by atoms with van der Waals surface area (Å²) in [4.78, 5) is 0. The van der Waals surface area contributed by atoms with Crippen molar-refractivity contribution in [3.05, 3.63) is 12.2 Å². The lowest BCUT2D eigenvalue weighted by atomic mass is 10.5. The molecule has 0 saturated carbocycles. The van der Waals surface area contributed by atoms with Crippen molar-refractivity contribution < 1.29 is 0 Å². The van der Waals surface area contributed by atoms with Crippen LogP contribution in [-0.2, 0) is 13.1 Å². The summed E-state index contributed by atoms with van der Waals surface area (Å²) >= 11 is 0. The minimum absolute atomic E-state index is 0.274. The molecule has 74 valence electrons. The molecule has 8 heteroatoms. The third kappa shape index (κ3) is 1.41. The summed E-state index contributed by atoms with van der Waals surface area (Å²) < 4.78 is 3.37. The van der Waals surface area contributed by atoms with Crippen LogP contribution in [0.5, 0.6) is 0 Å². The van der Waals surface area contributed by atoms with Gasteiger partial charge in [0.2, 0.25) is 5.95 Å². The smallest absolute Gasteiger partial charge is 0.240 e. The van der Waals surface area contributed by atoms with Crippen LogP contribution in [0.2, 0.25) is 0 Å². The molecule has 2 aromatic heterocycles. The minimum Gasteiger partial charge on any atom is -0.367 e. The summed E-state index contributed by atoms with van der Waals surface area (Å²) in [7, 11) is 0. The van der Waals surface area contributed by atoms with E-state index in [1.165, 1.54) is 4.68 Å². The van der Waals surface area contributed by atoms with Gasteiger partial charge in [0.05, 0.1) is 0 Å². The molecule has 0 amide bonds. The second-order valence-electron chi connectivity index (χ2n) is 2.73. The highest BCUT2D eigenvalue weighted by atomic mass is 15.6. The number of rotatable bonds is 3. The fraction of sp³-hybridized carbons (Fsp3) is 0.500. The first kappa shape index (κ1) is 8.60. The van der Waals surface area contributed by atoms with E-state index in [0.29, 0.717) is 6.54 Å². The van der Waals surface area contributed by atoms with E-state index >= 15 is 0 Å². The number of nitrogens with zero attached hydrogens (tertiary/aromatic N) is 7. The normalized spacial score (nSPS) is 10.6. The molecule has 0 aliphatic carbocycles. The molecule has 2 rings (SSSR count). The third-order valence-electron chi connectivity index (χ3n) is 1.89. The van der Waals surface area contributed by atoms with Crippen molar-refractivity contribution in [2.24, 2.45) is 0 Å². The Morgan fingerprint density at radius 1 is 1.43 bits per heavy atom. The number of nitrogen functional groups attached to an aromatic ring is 1. The van der Waals surface area contributed by atoms with Crippen molar-refractivity contribution >= 4 is 5.95 Å². The van der Waals surface area contributed by atoms with Crippen molar-refractivity contribution in [2.45, 2.75) is 20.0 Å². The van der Waals surface area contributed by atoms with E-state index < -0.39 is 0 Å². The lowest BCUT2D eigenvalue weighted by Gasteiger charge is -2.02. The van der Waals surface area contributed by atoms with Crippen LogP contribution in [0.1, 0.15) is 12.7 Å². The summed E-state index contributed by atoms with van der Waals surface area (Å²) in [5.41, 5.74) is 5.52. The predicted octanol–water partition coefficient (Wildman–Crippen LogP) is -1.08. The monoisotopic (exact) mass is 194 g/mol. The van der Waals surface area contributed by atoms with E-state index in [1.54, 1.807) is 6.33 Å². The Balaban J connectivity index is 2.22. The van der Waals surface area contributed by atoms with Gasteiger partial charge in [0.25, 0.3) is 0 Å². The van der Waals surface area contributed by atoms with Crippen molar-refractivity contribution in [1.29, 1.82) is 0 Å². The highest BCUT2D eigenvalue weighted by Gasteiger charge is 2.07. The van der Waals surface area contributed by atoms with E-state index in [9.17, 15) is 0 Å². The van der Waals surface area contributed by atoms with Gasteiger partial charge in [0.15, 0.2) is 5.82 Å². The van der Waals surface area contributed by atoms with Gasteiger partial charge < -0.3 is 10.3 Å². The maximum absolute atomic E-state index is 5.52. The van der Waals surface area contributed by atoms with Gasteiger partial charge in [-0.3, -0.25) is 0 Å². The number of anilines is 1. The molecule has 0 atom stereocenters. The molecule has 0 aromatic carbocycles. The Morgan fingerprint density at radius 2 is 2.29 bits per heavy atom. The lowest BCUT2D eigenvalue weighted by molar-refractivity contribution is 0.593. The van der Waals surface area contributed by atoms with Crippen molar-refractivity contribution in [2.75, 3.05) is 5.73 Å². The average Bonchev–Trinajstić information content (AvgIpc) is 2.77. The number of nitrogens with two attached hydrogens (primary N) is 1. The van der Waals surface area contributed by atoms with Crippen molar-refractivity contribution in [3.63, 3.8) is 0 Å². The van der Waals surface area contributed by atoms with Crippen molar-refractivity contribution in [1.82, 2.24) is 35.0 Å². The molecular formula is C6H10N8. The van der Waals surface area contributed by atoms with Crippen LogP contribution in [0.4, 0.5) is 5.95 Å². The highest BCUT2D eigenvalue weighted by Crippen LogP contribution is 2.00. The van der Waals surface area contributed by atoms with Crippen LogP contribution >= 0.6 is 0 Å². The van der Waals surface area contributed by atoms with E-state index in [0.717, 1.165) is 12.4 Å². The molecule has 0 saturated heterocycles. The van der Waals surface area contributed by atoms with E-state index in [2.05, 4.69) is 25.7 Å². The van der Waals surface area contributed by atoms with Gasteiger partial charge >= 0.3 is 0 Å². The summed E-state index contributed by atoms with van der Waals surface area (Å²) in [5.74, 6) is 1.06. The van der Waals surface area contributed by atoms with E-state index in [-0.39, 0.29) is 5.95 Å². The second-order valence-corrected chi connectivity index (χ2v) is 2.73. The molecule has 0 aliphatic rings. The number of aromatic nitrogens is 7. The van der Waals surface area contributed by atoms with Gasteiger partial charge in [-0.25, -0.2) is 4.68 Å². The lowest BCUT2D eigenvalue weighted by Crippen LogP contribution is -2.11. The molecule has 0 spiro atoms. The highest BCUT2D eigenvalue weighted by molar-refractivity contribution is 5.11. The Hall–Kier alpha value is -1.99. The summed E-state index contributed by atoms with van der Waals surface area (Å²) in [6, 6.07) is 0. The van der Waals surface area contributed by atoms with Crippen LogP contribution in [0.25, 0.3) is 0 Å². The summed E-state index contributed by atoms with van der Waals surface area (Å²) in [6.07, 6.45) is 1.66. The van der Waals surface area contributed by atoms with Gasteiger partial charge in [0, 0.05) is 6.54 Å². The zero-order valence-electron chi connectivity index (χ0n) is 7.70. The standard InChI is InChI=1S/C6H10N8/c1-2-13-4-8-9-5(13)3-14-6(7)10-11-12-14/h4H,2-3H2,1H3,(H2,7,10,12). The number of tetrazole rings is 1. The van der Waals surface area contributed by atoms with Crippen LogP contribution in [0, 0.1) is 0 Å². The molecule has 14 heavy (non-hydrogen) atoms. The fourth-order valence-corrected chi connectivity index (χ4v) is 1.12. The molecule has 0 bridgehead atoms. The molecule has 0 radical (unpaired) electrons. The van der Waals surface area contributed by atoms with Gasteiger partial charge in [-0.1, -0.05) is 5.10 Å². The Labute approximate surface area is 79.7 Å². The van der Waals surface area contributed by atoms with Gasteiger partial charge in [-0.2, -0.15) is 0 Å². The quantitative estimate of drug-likeness (QED) is 0.666. The van der Waals surface area contributed by atoms with Crippen LogP contribution in [0.15, 0.2) is 6.33 Å². The number of aryl methyl sites for hydroxylation is 1. The SMILES string of the molecule is CCn1cnnc1Cn1nnnc1N. The number of hydrogen-bond donors (Lipinski definition) is 1. The molecule has 8 nitrogen and oxygen atoms in total. The third-order valence-corrected chi connectivity index (χ3v) is 1.89. The summed E-state index contributed by atoms with van der Waals surface area (Å²) in [6.45, 7) is 3.26. The second kappa shape index (κ2) is 3.40. The molecule has 0 unspecified atom stereocenters. The molecule has 2 N–H and O–H groups in total. The summed E-state index contributed by atoms with van der Waals surface area (Å²) in [5, 5.41) is 18.5. The van der Waals surface area contributed by atoms with Gasteiger partial charge in [0.1, 0.15) is 12.9 Å². The average molecular weight is 194 g/mol. The Morgan fingerprint density at radius 3 is 2.93 bits per heavy atom. The largest absolute Gasteiger partial charge is 0.367 e. The number of hydrogen-bond acceptors (Lipinski definition) is 6. The zero-order valence-corrected chi connectivity index (χ0v) is 7.70. The van der Waals surface area contributed by atoms with E-state index in [4.69, 9.17) is 5.73 Å². The van der Waals surface area contributed by atoms with Crippen LogP contribution < -0.4 is 5.73 Å². The molecule has 2 heterocycles. The van der Waals surface area contributed by atoms with Crippen molar-refractivity contribution in [3.8, 4) is 0 Å². The topological polar surface area (TPSA) is 100 Å². The van der Waals surface area contributed by atoms with Gasteiger partial charge in [-0.05, 0) is 17.4 Å². The molecule has 0 aliphatic heterocycles. The maximum atomic E-state index is 5.52. The zero-order chi connectivity index (χ0) is 9.97. The Kier molecular flexibility index (Phi) is 2.09.